The van der Waals surface area contributed by atoms with E-state index >= 15 is 0 Å². The van der Waals surface area contributed by atoms with Crippen molar-refractivity contribution in [3.05, 3.63) is 24.0 Å². The predicted octanol–water partition coefficient (Wildman–Crippen LogP) is 1.83. The highest BCUT2D eigenvalue weighted by Crippen LogP contribution is 2.14. The van der Waals surface area contributed by atoms with E-state index < -0.39 is 6.10 Å². The van der Waals surface area contributed by atoms with Crippen molar-refractivity contribution in [2.45, 2.75) is 40.3 Å². The summed E-state index contributed by atoms with van der Waals surface area (Å²) >= 11 is 0. The fraction of sp³-hybridized carbons (Fsp3) is 0.562. The number of aromatic nitrogens is 3. The second-order valence-electron chi connectivity index (χ2n) is 6.38. The molecule has 2 heterocycles. The molecule has 0 aliphatic carbocycles. The van der Waals surface area contributed by atoms with Crippen molar-refractivity contribution in [2.75, 3.05) is 6.54 Å². The summed E-state index contributed by atoms with van der Waals surface area (Å²) in [6.07, 6.45) is 2.73. The summed E-state index contributed by atoms with van der Waals surface area (Å²) < 4.78 is 1.85. The first-order chi connectivity index (χ1) is 10.4. The number of aliphatic hydroxyl groups is 1. The van der Waals surface area contributed by atoms with Crippen LogP contribution in [0.5, 0.6) is 0 Å². The molecule has 0 fully saturated rings. The third-order valence-corrected chi connectivity index (χ3v) is 3.52. The van der Waals surface area contributed by atoms with Gasteiger partial charge in [0.05, 0.1) is 17.9 Å². The van der Waals surface area contributed by atoms with E-state index in [1.807, 2.05) is 18.5 Å². The molecular weight excluding hydrogens is 280 g/mol. The van der Waals surface area contributed by atoms with Crippen LogP contribution in [-0.2, 0) is 6.54 Å². The highest BCUT2D eigenvalue weighted by atomic mass is 16.3. The number of amides is 1. The molecule has 0 saturated heterocycles. The van der Waals surface area contributed by atoms with Gasteiger partial charge in [-0.3, -0.25) is 4.79 Å². The minimum absolute atomic E-state index is 0.107. The molecule has 2 rings (SSSR count). The smallest absolute Gasteiger partial charge is 0.252 e. The maximum Gasteiger partial charge on any atom is 0.252 e. The van der Waals surface area contributed by atoms with Crippen molar-refractivity contribution >= 4 is 16.9 Å². The Morgan fingerprint density at radius 1 is 1.32 bits per heavy atom. The van der Waals surface area contributed by atoms with E-state index in [4.69, 9.17) is 0 Å². The van der Waals surface area contributed by atoms with Gasteiger partial charge in [-0.25, -0.2) is 9.67 Å². The number of hydrogen-bond acceptors (Lipinski definition) is 4. The molecule has 2 aromatic rings. The third kappa shape index (κ3) is 3.82. The molecule has 0 aliphatic rings. The van der Waals surface area contributed by atoms with Gasteiger partial charge in [0.1, 0.15) is 0 Å². The van der Waals surface area contributed by atoms with Gasteiger partial charge in [0.2, 0.25) is 0 Å². The summed E-state index contributed by atoms with van der Waals surface area (Å²) in [6, 6.07) is 1.78. The van der Waals surface area contributed by atoms with E-state index in [0.717, 1.165) is 17.6 Å². The summed E-state index contributed by atoms with van der Waals surface area (Å²) in [5.41, 5.74) is 1.26. The number of nitrogens with zero attached hydrogens (tertiary/aromatic N) is 3. The molecule has 0 aliphatic heterocycles. The maximum atomic E-state index is 12.1. The number of pyridine rings is 1. The van der Waals surface area contributed by atoms with E-state index in [0.29, 0.717) is 11.5 Å². The Morgan fingerprint density at radius 3 is 2.68 bits per heavy atom. The monoisotopic (exact) mass is 304 g/mol. The Kier molecular flexibility index (Phi) is 5.13. The van der Waals surface area contributed by atoms with Crippen LogP contribution in [0.4, 0.5) is 0 Å². The van der Waals surface area contributed by atoms with Gasteiger partial charge in [-0.2, -0.15) is 5.10 Å². The molecule has 0 spiro atoms. The molecule has 0 aromatic carbocycles. The molecule has 1 atom stereocenters. The van der Waals surface area contributed by atoms with Gasteiger partial charge in [0.15, 0.2) is 5.65 Å². The highest BCUT2D eigenvalue weighted by molar-refractivity contribution is 5.96. The lowest BCUT2D eigenvalue weighted by Crippen LogP contribution is -2.34. The van der Waals surface area contributed by atoms with Gasteiger partial charge >= 0.3 is 0 Å². The first-order valence-corrected chi connectivity index (χ1v) is 7.66. The van der Waals surface area contributed by atoms with Crippen molar-refractivity contribution in [3.8, 4) is 0 Å². The molecule has 22 heavy (non-hydrogen) atoms. The minimum Gasteiger partial charge on any atom is -0.391 e. The molecule has 0 bridgehead atoms. The van der Waals surface area contributed by atoms with Crippen molar-refractivity contribution in [1.82, 2.24) is 20.1 Å². The van der Waals surface area contributed by atoms with Gasteiger partial charge in [0.25, 0.3) is 5.91 Å². The molecule has 2 aromatic heterocycles. The number of fused-ring (bicyclic) bond motifs is 1. The second-order valence-corrected chi connectivity index (χ2v) is 6.38. The first-order valence-electron chi connectivity index (χ1n) is 7.66. The minimum atomic E-state index is -0.547. The molecule has 6 heteroatoms. The molecule has 6 nitrogen and oxygen atoms in total. The molecule has 1 unspecified atom stereocenters. The number of aliphatic hydroxyl groups excluding tert-OH is 1. The summed E-state index contributed by atoms with van der Waals surface area (Å²) in [6.45, 7) is 9.09. The van der Waals surface area contributed by atoms with Crippen LogP contribution < -0.4 is 5.32 Å². The summed E-state index contributed by atoms with van der Waals surface area (Å²) in [4.78, 5) is 16.5. The molecule has 2 N–H and O–H groups in total. The number of rotatable bonds is 6. The normalized spacial score (nSPS) is 13.0. The predicted molar refractivity (Wildman–Crippen MR) is 85.5 cm³/mol. The fourth-order valence-corrected chi connectivity index (χ4v) is 2.11. The van der Waals surface area contributed by atoms with Crippen molar-refractivity contribution in [2.24, 2.45) is 11.8 Å². The average Bonchev–Trinajstić information content (AvgIpc) is 2.85. The van der Waals surface area contributed by atoms with Crippen molar-refractivity contribution in [3.63, 3.8) is 0 Å². The third-order valence-electron chi connectivity index (χ3n) is 3.52. The number of carbonyl (C=O) groups is 1. The van der Waals surface area contributed by atoms with Crippen LogP contribution in [0.25, 0.3) is 11.0 Å². The van der Waals surface area contributed by atoms with Crippen molar-refractivity contribution in [1.29, 1.82) is 0 Å². The first kappa shape index (κ1) is 16.4. The number of carbonyl (C=O) groups excluding carboxylic acids is 1. The second kappa shape index (κ2) is 6.87. The van der Waals surface area contributed by atoms with Gasteiger partial charge < -0.3 is 10.4 Å². The lowest BCUT2D eigenvalue weighted by Gasteiger charge is -2.15. The topological polar surface area (TPSA) is 80.0 Å². The Bertz CT molecular complexity index is 649. The maximum absolute atomic E-state index is 12.1. The zero-order chi connectivity index (χ0) is 16.3. The van der Waals surface area contributed by atoms with Gasteiger partial charge in [-0.1, -0.05) is 27.7 Å². The Balaban J connectivity index is 2.11. The lowest BCUT2D eigenvalue weighted by molar-refractivity contribution is 0.0871. The number of hydrogen-bond donors (Lipinski definition) is 2. The Labute approximate surface area is 130 Å². The molecular formula is C16H24N4O2. The molecule has 0 radical (unpaired) electrons. The van der Waals surface area contributed by atoms with E-state index in [9.17, 15) is 9.90 Å². The van der Waals surface area contributed by atoms with Gasteiger partial charge in [-0.05, 0) is 17.9 Å². The molecule has 0 saturated carbocycles. The quantitative estimate of drug-likeness (QED) is 0.853. The van der Waals surface area contributed by atoms with Crippen LogP contribution >= 0.6 is 0 Å². The van der Waals surface area contributed by atoms with Crippen LogP contribution in [0, 0.1) is 11.8 Å². The van der Waals surface area contributed by atoms with E-state index in [2.05, 4.69) is 29.2 Å². The van der Waals surface area contributed by atoms with Crippen LogP contribution in [0.1, 0.15) is 38.1 Å². The Hall–Kier alpha value is -1.95. The van der Waals surface area contributed by atoms with E-state index in [1.165, 1.54) is 0 Å². The fourth-order valence-electron chi connectivity index (χ4n) is 2.11. The standard InChI is InChI=1S/C16H24N4O2/c1-10(2)9-20-15-12(7-19-20)5-13(6-17-15)16(22)18-8-14(21)11(3)4/h5-7,10-11,14,21H,8-9H2,1-4H3,(H,18,22). The summed E-state index contributed by atoms with van der Waals surface area (Å²) in [5, 5.41) is 17.6. The summed E-state index contributed by atoms with van der Waals surface area (Å²) in [7, 11) is 0. The van der Waals surface area contributed by atoms with Gasteiger partial charge in [0, 0.05) is 24.7 Å². The van der Waals surface area contributed by atoms with Gasteiger partial charge in [-0.15, -0.1) is 0 Å². The zero-order valence-corrected chi connectivity index (χ0v) is 13.6. The highest BCUT2D eigenvalue weighted by Gasteiger charge is 2.14. The van der Waals surface area contributed by atoms with Crippen LogP contribution in [-0.4, -0.2) is 38.4 Å². The lowest BCUT2D eigenvalue weighted by atomic mass is 10.1. The van der Waals surface area contributed by atoms with Crippen LogP contribution in [0.3, 0.4) is 0 Å². The molecule has 120 valence electrons. The summed E-state index contributed by atoms with van der Waals surface area (Å²) in [5.74, 6) is 0.353. The molecule has 1 amide bonds. The van der Waals surface area contributed by atoms with Crippen LogP contribution in [0.15, 0.2) is 18.5 Å². The van der Waals surface area contributed by atoms with Crippen LogP contribution in [0.2, 0.25) is 0 Å². The van der Waals surface area contributed by atoms with E-state index in [-0.39, 0.29) is 18.4 Å². The average molecular weight is 304 g/mol. The Morgan fingerprint density at radius 2 is 2.05 bits per heavy atom. The van der Waals surface area contributed by atoms with E-state index in [1.54, 1.807) is 18.5 Å². The zero-order valence-electron chi connectivity index (χ0n) is 13.6. The van der Waals surface area contributed by atoms with Crippen molar-refractivity contribution < 1.29 is 9.90 Å². The number of nitrogens with one attached hydrogen (secondary N) is 1. The SMILES string of the molecule is CC(C)Cn1ncc2cc(C(=O)NCC(O)C(C)C)cnc21. The largest absolute Gasteiger partial charge is 0.391 e.